The molecular formula is C32H27FN10O6S. The molecule has 18 heteroatoms. The van der Waals surface area contributed by atoms with Crippen LogP contribution in [0.2, 0.25) is 0 Å². The van der Waals surface area contributed by atoms with Gasteiger partial charge in [0.1, 0.15) is 18.3 Å². The maximum absolute atomic E-state index is 15.2. The third-order valence-corrected chi connectivity index (χ3v) is 9.89. The van der Waals surface area contributed by atoms with Crippen LogP contribution in [0.15, 0.2) is 54.7 Å². The smallest absolute Gasteiger partial charge is 0.321 e. The van der Waals surface area contributed by atoms with Gasteiger partial charge in [0.15, 0.2) is 5.82 Å². The zero-order chi connectivity index (χ0) is 34.7. The molecule has 0 bridgehead atoms. The third-order valence-electron chi connectivity index (χ3n) is 9.02. The van der Waals surface area contributed by atoms with Gasteiger partial charge in [0.25, 0.3) is 17.7 Å². The topological polar surface area (TPSA) is 191 Å². The van der Waals surface area contributed by atoms with Crippen molar-refractivity contribution in [1.29, 1.82) is 0 Å². The monoisotopic (exact) mass is 698 g/mol. The van der Waals surface area contributed by atoms with Crippen LogP contribution < -0.4 is 25.0 Å². The predicted molar refractivity (Wildman–Crippen MR) is 177 cm³/mol. The van der Waals surface area contributed by atoms with E-state index in [4.69, 9.17) is 0 Å². The lowest BCUT2D eigenvalue weighted by Gasteiger charge is -2.38. The number of halogens is 1. The van der Waals surface area contributed by atoms with Gasteiger partial charge in [0, 0.05) is 36.3 Å². The molecule has 4 aromatic rings. The highest BCUT2D eigenvalue weighted by atomic mass is 32.2. The molecule has 5 heterocycles. The van der Waals surface area contributed by atoms with Crippen molar-refractivity contribution >= 4 is 75.5 Å². The molecule has 0 spiro atoms. The van der Waals surface area contributed by atoms with Crippen LogP contribution in [0, 0.1) is 5.82 Å². The molecule has 1 unspecified atom stereocenters. The molecule has 0 radical (unpaired) electrons. The zero-order valence-corrected chi connectivity index (χ0v) is 26.8. The van der Waals surface area contributed by atoms with Crippen molar-refractivity contribution in [3.8, 4) is 0 Å². The minimum Gasteiger partial charge on any atom is -0.379 e. The Morgan fingerprint density at radius 3 is 2.64 bits per heavy atom. The summed E-state index contributed by atoms with van der Waals surface area (Å²) >= 11 is 1.04. The van der Waals surface area contributed by atoms with E-state index in [1.807, 2.05) is 0 Å². The fourth-order valence-electron chi connectivity index (χ4n) is 6.40. The van der Waals surface area contributed by atoms with Gasteiger partial charge in [-0.3, -0.25) is 43.2 Å². The number of amides is 7. The Bertz CT molecular complexity index is 2150. The fraction of sp³-hybridized carbons (Fsp3) is 0.250. The molecule has 0 saturated carbocycles. The summed E-state index contributed by atoms with van der Waals surface area (Å²) in [5, 5.41) is 17.6. The van der Waals surface area contributed by atoms with Crippen LogP contribution in [-0.4, -0.2) is 86.0 Å². The number of benzene rings is 3. The molecule has 1 atom stereocenters. The van der Waals surface area contributed by atoms with Gasteiger partial charge in [-0.05, 0) is 48.2 Å². The van der Waals surface area contributed by atoms with E-state index in [1.54, 1.807) is 62.5 Å². The van der Waals surface area contributed by atoms with Gasteiger partial charge in [0.05, 0.1) is 47.7 Å². The molecule has 3 aromatic carbocycles. The van der Waals surface area contributed by atoms with Crippen LogP contribution in [0.4, 0.5) is 26.2 Å². The molecule has 3 fully saturated rings. The summed E-state index contributed by atoms with van der Waals surface area (Å²) in [5.41, 5.74) is 2.07. The maximum Gasteiger partial charge on any atom is 0.321 e. The highest BCUT2D eigenvalue weighted by Crippen LogP contribution is 2.34. The number of piperidine rings is 1. The predicted octanol–water partition coefficient (Wildman–Crippen LogP) is 2.17. The number of aromatic nitrogens is 3. The van der Waals surface area contributed by atoms with Crippen molar-refractivity contribution in [2.45, 2.75) is 31.5 Å². The SMILES string of the molecule is O=C1CN(c2ccc3cc(NC(=O)N4CC(n5cc(CNc6cccc7c6C(=O)N(C6CCC(=O)NC6=O)C7=O)nn5)C4)ccc3c2F)SN1. The second-order valence-corrected chi connectivity index (χ2v) is 13.0. The van der Waals surface area contributed by atoms with E-state index < -0.39 is 35.5 Å². The van der Waals surface area contributed by atoms with Gasteiger partial charge in [0.2, 0.25) is 11.8 Å². The molecular weight excluding hydrogens is 671 g/mol. The van der Waals surface area contributed by atoms with Crippen LogP contribution in [-0.2, 0) is 20.9 Å². The number of urea groups is 1. The quantitative estimate of drug-likeness (QED) is 0.163. The number of anilines is 3. The number of carbonyl (C=O) groups is 6. The standard InChI is InChI=1S/C32H27FN10O6S/c33-28-20-6-5-17(10-16(20)4-7-23(28)42-15-26(45)38-50-42)35-32(49)40-13-19(14-40)41-12-18(37-39-41)11-34-22-3-1-2-21-27(22)31(48)43(30(21)47)24-8-9-25(44)36-29(24)46/h1-7,10,12,19,24,34H,8-9,11,13-15H2,(H,35,49)(H,38,45)(H,36,44,46). The summed E-state index contributed by atoms with van der Waals surface area (Å²) in [4.78, 5) is 77.4. The minimum absolute atomic E-state index is 0.0324. The molecule has 3 saturated heterocycles. The van der Waals surface area contributed by atoms with E-state index in [2.05, 4.69) is 31.0 Å². The summed E-state index contributed by atoms with van der Waals surface area (Å²) in [5.74, 6) is -2.98. The van der Waals surface area contributed by atoms with Crippen LogP contribution in [0.3, 0.4) is 0 Å². The Morgan fingerprint density at radius 1 is 1.02 bits per heavy atom. The van der Waals surface area contributed by atoms with Gasteiger partial charge in [-0.1, -0.05) is 17.3 Å². The number of nitrogens with zero attached hydrogens (tertiary/aromatic N) is 6. The first-order valence-corrected chi connectivity index (χ1v) is 16.4. The number of hydrogen-bond acceptors (Lipinski definition) is 11. The Labute approximate surface area is 286 Å². The molecule has 4 aliphatic rings. The van der Waals surface area contributed by atoms with Crippen LogP contribution in [0.25, 0.3) is 10.8 Å². The Balaban J connectivity index is 0.865. The van der Waals surface area contributed by atoms with E-state index in [1.165, 1.54) is 6.07 Å². The number of imide groups is 2. The number of hydrogen-bond donors (Lipinski definition) is 4. The first-order valence-electron chi connectivity index (χ1n) is 15.7. The van der Waals surface area contributed by atoms with Gasteiger partial charge >= 0.3 is 6.03 Å². The molecule has 4 N–H and O–H groups in total. The summed E-state index contributed by atoms with van der Waals surface area (Å²) < 4.78 is 21.0. The Morgan fingerprint density at radius 2 is 1.86 bits per heavy atom. The van der Waals surface area contributed by atoms with Crippen molar-refractivity contribution < 1.29 is 33.2 Å². The third kappa shape index (κ3) is 5.42. The highest BCUT2D eigenvalue weighted by molar-refractivity contribution is 7.99. The van der Waals surface area contributed by atoms with E-state index in [0.29, 0.717) is 46.6 Å². The average Bonchev–Trinajstić information content (AvgIpc) is 3.78. The van der Waals surface area contributed by atoms with Crippen LogP contribution in [0.1, 0.15) is 45.3 Å². The molecule has 1 aromatic heterocycles. The lowest BCUT2D eigenvalue weighted by molar-refractivity contribution is -0.136. The van der Waals surface area contributed by atoms with Gasteiger partial charge in [-0.25, -0.2) is 13.9 Å². The van der Waals surface area contributed by atoms with Gasteiger partial charge in [-0.2, -0.15) is 0 Å². The van der Waals surface area contributed by atoms with Crippen molar-refractivity contribution in [3.63, 3.8) is 0 Å². The van der Waals surface area contributed by atoms with Crippen molar-refractivity contribution in [2.75, 3.05) is 34.6 Å². The molecule has 4 aliphatic heterocycles. The van der Waals surface area contributed by atoms with Crippen LogP contribution in [0.5, 0.6) is 0 Å². The summed E-state index contributed by atoms with van der Waals surface area (Å²) in [7, 11) is 0. The first-order chi connectivity index (χ1) is 24.1. The number of fused-ring (bicyclic) bond motifs is 2. The minimum atomic E-state index is -1.06. The number of rotatable bonds is 7. The van der Waals surface area contributed by atoms with Gasteiger partial charge < -0.3 is 15.5 Å². The normalized spacial score (nSPS) is 19.1. The first kappa shape index (κ1) is 31.2. The number of likely N-dealkylation sites (tertiary alicyclic amines) is 1. The van der Waals surface area contributed by atoms with Crippen LogP contribution >= 0.6 is 12.1 Å². The average molecular weight is 699 g/mol. The lowest BCUT2D eigenvalue weighted by Crippen LogP contribution is -2.54. The summed E-state index contributed by atoms with van der Waals surface area (Å²) in [6.07, 6.45) is 1.83. The largest absolute Gasteiger partial charge is 0.379 e. The van der Waals surface area contributed by atoms with E-state index in [9.17, 15) is 28.8 Å². The summed E-state index contributed by atoms with van der Waals surface area (Å²) in [6, 6.07) is 11.6. The summed E-state index contributed by atoms with van der Waals surface area (Å²) in [6.45, 7) is 1.00. The molecule has 7 amide bonds. The second-order valence-electron chi connectivity index (χ2n) is 12.2. The lowest BCUT2D eigenvalue weighted by atomic mass is 10.0. The molecule has 0 aliphatic carbocycles. The second kappa shape index (κ2) is 12.1. The van der Waals surface area contributed by atoms with E-state index >= 15 is 4.39 Å². The van der Waals surface area contributed by atoms with Gasteiger partial charge in [-0.15, -0.1) is 5.10 Å². The Hall–Kier alpha value is -6.04. The number of carbonyl (C=O) groups excluding carboxylic acids is 6. The Kier molecular flexibility index (Phi) is 7.58. The van der Waals surface area contributed by atoms with Crippen molar-refractivity contribution in [1.82, 2.24) is 34.8 Å². The molecule has 254 valence electrons. The zero-order valence-electron chi connectivity index (χ0n) is 26.0. The highest BCUT2D eigenvalue weighted by Gasteiger charge is 2.45. The number of nitrogens with one attached hydrogen (secondary N) is 4. The van der Waals surface area contributed by atoms with E-state index in [-0.39, 0.29) is 55.0 Å². The van der Waals surface area contributed by atoms with Crippen molar-refractivity contribution in [2.24, 2.45) is 0 Å². The van der Waals surface area contributed by atoms with Crippen molar-refractivity contribution in [3.05, 3.63) is 77.4 Å². The maximum atomic E-state index is 15.2. The molecule has 16 nitrogen and oxygen atoms in total. The van der Waals surface area contributed by atoms with E-state index in [0.717, 1.165) is 17.0 Å². The molecule has 8 rings (SSSR count). The molecule has 50 heavy (non-hydrogen) atoms. The fourth-order valence-corrected chi connectivity index (χ4v) is 7.10.